The lowest BCUT2D eigenvalue weighted by Gasteiger charge is -2.15. The van der Waals surface area contributed by atoms with Gasteiger partial charge in [-0.15, -0.1) is 0 Å². The SMILES string of the molecule is CN(Cc1ccc(-c2ccc(Br)cc2)o1)S(=O)(=O)c1ccc(Cl)nc1. The fourth-order valence-corrected chi connectivity index (χ4v) is 3.69. The predicted octanol–water partition coefficient (Wildman–Crippen LogP) is 4.58. The van der Waals surface area contributed by atoms with Gasteiger partial charge in [-0.1, -0.05) is 39.7 Å². The molecule has 0 fully saturated rings. The van der Waals surface area contributed by atoms with Crippen LogP contribution in [0.1, 0.15) is 5.76 Å². The van der Waals surface area contributed by atoms with Crippen molar-refractivity contribution in [2.75, 3.05) is 7.05 Å². The summed E-state index contributed by atoms with van der Waals surface area (Å²) in [4.78, 5) is 3.90. The Labute approximate surface area is 159 Å². The van der Waals surface area contributed by atoms with E-state index in [0.29, 0.717) is 11.5 Å². The smallest absolute Gasteiger partial charge is 0.244 e. The zero-order valence-corrected chi connectivity index (χ0v) is 16.3. The van der Waals surface area contributed by atoms with E-state index < -0.39 is 10.0 Å². The normalized spacial score (nSPS) is 11.8. The van der Waals surface area contributed by atoms with E-state index in [9.17, 15) is 8.42 Å². The van der Waals surface area contributed by atoms with Gasteiger partial charge in [-0.05, 0) is 36.4 Å². The second-order valence-corrected chi connectivity index (χ2v) is 8.70. The van der Waals surface area contributed by atoms with Gasteiger partial charge < -0.3 is 4.42 Å². The van der Waals surface area contributed by atoms with Gasteiger partial charge in [0.05, 0.1) is 6.54 Å². The summed E-state index contributed by atoms with van der Waals surface area (Å²) in [7, 11) is -2.18. The van der Waals surface area contributed by atoms with Crippen LogP contribution in [0.15, 0.2) is 68.5 Å². The number of aromatic nitrogens is 1. The van der Waals surface area contributed by atoms with E-state index in [4.69, 9.17) is 16.0 Å². The van der Waals surface area contributed by atoms with Crippen molar-refractivity contribution < 1.29 is 12.8 Å². The summed E-state index contributed by atoms with van der Waals surface area (Å²) >= 11 is 9.09. The lowest BCUT2D eigenvalue weighted by Crippen LogP contribution is -2.26. The molecule has 0 bridgehead atoms. The molecule has 130 valence electrons. The quantitative estimate of drug-likeness (QED) is 0.544. The Kier molecular flexibility index (Phi) is 5.29. The van der Waals surface area contributed by atoms with Crippen molar-refractivity contribution in [2.24, 2.45) is 0 Å². The highest BCUT2D eigenvalue weighted by Crippen LogP contribution is 2.25. The third-order valence-electron chi connectivity index (χ3n) is 3.58. The van der Waals surface area contributed by atoms with Crippen LogP contribution in [0.5, 0.6) is 0 Å². The molecule has 8 heteroatoms. The summed E-state index contributed by atoms with van der Waals surface area (Å²) in [6.45, 7) is 0.113. The molecule has 0 atom stereocenters. The number of furan rings is 1. The summed E-state index contributed by atoms with van der Waals surface area (Å²) in [5.74, 6) is 1.23. The van der Waals surface area contributed by atoms with Crippen molar-refractivity contribution in [1.29, 1.82) is 0 Å². The van der Waals surface area contributed by atoms with Gasteiger partial charge in [0.2, 0.25) is 10.0 Å². The van der Waals surface area contributed by atoms with Gasteiger partial charge in [0.25, 0.3) is 0 Å². The minimum atomic E-state index is -3.67. The van der Waals surface area contributed by atoms with Crippen molar-refractivity contribution in [3.63, 3.8) is 0 Å². The van der Waals surface area contributed by atoms with Crippen LogP contribution >= 0.6 is 27.5 Å². The average molecular weight is 442 g/mol. The van der Waals surface area contributed by atoms with E-state index >= 15 is 0 Å². The largest absolute Gasteiger partial charge is 0.460 e. The number of rotatable bonds is 5. The van der Waals surface area contributed by atoms with Gasteiger partial charge in [-0.25, -0.2) is 13.4 Å². The predicted molar refractivity (Wildman–Crippen MR) is 99.7 cm³/mol. The molecule has 0 aliphatic heterocycles. The molecular weight excluding hydrogens is 428 g/mol. The Balaban J connectivity index is 1.78. The van der Waals surface area contributed by atoms with Gasteiger partial charge in [-0.3, -0.25) is 0 Å². The summed E-state index contributed by atoms with van der Waals surface area (Å²) < 4.78 is 33.1. The topological polar surface area (TPSA) is 63.4 Å². The summed E-state index contributed by atoms with van der Waals surface area (Å²) in [5.41, 5.74) is 0.918. The highest BCUT2D eigenvalue weighted by molar-refractivity contribution is 9.10. The van der Waals surface area contributed by atoms with E-state index in [1.165, 1.54) is 29.7 Å². The maximum Gasteiger partial charge on any atom is 0.244 e. The minimum absolute atomic E-state index is 0.0825. The fourth-order valence-electron chi connectivity index (χ4n) is 2.23. The summed E-state index contributed by atoms with van der Waals surface area (Å²) in [5, 5.41) is 0.242. The number of pyridine rings is 1. The molecule has 0 N–H and O–H groups in total. The summed E-state index contributed by atoms with van der Waals surface area (Å²) in [6.07, 6.45) is 1.24. The Hall–Kier alpha value is -1.67. The Morgan fingerprint density at radius 1 is 1.12 bits per heavy atom. The van der Waals surface area contributed by atoms with Gasteiger partial charge in [0.1, 0.15) is 21.6 Å². The Morgan fingerprint density at radius 3 is 2.48 bits per heavy atom. The Bertz CT molecular complexity index is 970. The monoisotopic (exact) mass is 440 g/mol. The average Bonchev–Trinajstić information content (AvgIpc) is 3.04. The van der Waals surface area contributed by atoms with Crippen LogP contribution in [0.4, 0.5) is 0 Å². The number of benzene rings is 1. The van der Waals surface area contributed by atoms with Crippen LogP contribution in [0.25, 0.3) is 11.3 Å². The molecule has 0 radical (unpaired) electrons. The lowest BCUT2D eigenvalue weighted by molar-refractivity contribution is 0.410. The van der Waals surface area contributed by atoms with Gasteiger partial charge >= 0.3 is 0 Å². The highest BCUT2D eigenvalue weighted by Gasteiger charge is 2.22. The van der Waals surface area contributed by atoms with E-state index in [0.717, 1.165) is 10.0 Å². The molecule has 0 saturated carbocycles. The zero-order chi connectivity index (χ0) is 18.0. The Morgan fingerprint density at radius 2 is 1.84 bits per heavy atom. The van der Waals surface area contributed by atoms with Crippen LogP contribution in [0.2, 0.25) is 5.15 Å². The molecule has 0 spiro atoms. The standard InChI is InChI=1S/C17H14BrClN2O3S/c1-21(25(22,23)15-7-9-17(19)20-10-15)11-14-6-8-16(24-14)12-2-4-13(18)5-3-12/h2-10H,11H2,1H3. The molecular formula is C17H14BrClN2O3S. The second-order valence-electron chi connectivity index (χ2n) is 5.35. The van der Waals surface area contributed by atoms with Crippen molar-refractivity contribution >= 4 is 37.6 Å². The molecule has 2 aromatic heterocycles. The first kappa shape index (κ1) is 18.1. The van der Waals surface area contributed by atoms with Crippen molar-refractivity contribution in [3.8, 4) is 11.3 Å². The molecule has 25 heavy (non-hydrogen) atoms. The van der Waals surface area contributed by atoms with E-state index in [1.807, 2.05) is 30.3 Å². The third kappa shape index (κ3) is 4.12. The molecule has 0 unspecified atom stereocenters. The van der Waals surface area contributed by atoms with Gasteiger partial charge in [0.15, 0.2) is 0 Å². The van der Waals surface area contributed by atoms with Crippen LogP contribution in [0.3, 0.4) is 0 Å². The van der Waals surface area contributed by atoms with E-state index in [1.54, 1.807) is 6.07 Å². The van der Waals surface area contributed by atoms with Crippen LogP contribution in [0, 0.1) is 0 Å². The first-order chi connectivity index (χ1) is 11.9. The molecule has 3 rings (SSSR count). The fraction of sp³-hybridized carbons (Fsp3) is 0.118. The number of nitrogens with zero attached hydrogens (tertiary/aromatic N) is 2. The van der Waals surface area contributed by atoms with Crippen LogP contribution in [-0.4, -0.2) is 24.8 Å². The molecule has 3 aromatic rings. The number of sulfonamides is 1. The summed E-state index contributed by atoms with van der Waals surface area (Å²) in [6, 6.07) is 14.1. The number of halogens is 2. The van der Waals surface area contributed by atoms with Gasteiger partial charge in [0, 0.05) is 23.3 Å². The third-order valence-corrected chi connectivity index (χ3v) is 6.12. The maximum atomic E-state index is 12.6. The van der Waals surface area contributed by atoms with Crippen molar-refractivity contribution in [1.82, 2.24) is 9.29 Å². The molecule has 2 heterocycles. The number of hydrogen-bond donors (Lipinski definition) is 0. The maximum absolute atomic E-state index is 12.6. The first-order valence-electron chi connectivity index (χ1n) is 7.29. The van der Waals surface area contributed by atoms with Crippen LogP contribution < -0.4 is 0 Å². The molecule has 0 amide bonds. The molecule has 0 aliphatic rings. The molecule has 1 aromatic carbocycles. The highest BCUT2D eigenvalue weighted by atomic mass is 79.9. The second kappa shape index (κ2) is 7.29. The van der Waals surface area contributed by atoms with Gasteiger partial charge in [-0.2, -0.15) is 4.31 Å². The molecule has 0 saturated heterocycles. The lowest BCUT2D eigenvalue weighted by atomic mass is 10.2. The van der Waals surface area contributed by atoms with E-state index in [-0.39, 0.29) is 16.6 Å². The minimum Gasteiger partial charge on any atom is -0.460 e. The van der Waals surface area contributed by atoms with Crippen molar-refractivity contribution in [3.05, 3.63) is 70.1 Å². The van der Waals surface area contributed by atoms with Crippen molar-refractivity contribution in [2.45, 2.75) is 11.4 Å². The zero-order valence-electron chi connectivity index (χ0n) is 13.2. The number of hydrogen-bond acceptors (Lipinski definition) is 4. The molecule has 5 nitrogen and oxygen atoms in total. The van der Waals surface area contributed by atoms with E-state index in [2.05, 4.69) is 20.9 Å². The molecule has 0 aliphatic carbocycles. The van der Waals surface area contributed by atoms with Crippen LogP contribution in [-0.2, 0) is 16.6 Å². The first-order valence-corrected chi connectivity index (χ1v) is 9.90.